The summed E-state index contributed by atoms with van der Waals surface area (Å²) in [6.45, 7) is 2.58. The largest absolute Gasteiger partial charge is 0.326 e. The van der Waals surface area contributed by atoms with Gasteiger partial charge in [-0.05, 0) is 6.07 Å². The summed E-state index contributed by atoms with van der Waals surface area (Å²) in [6.07, 6.45) is 0. The van der Waals surface area contributed by atoms with Crippen LogP contribution < -0.4 is 10.6 Å². The Bertz CT molecular complexity index is 450. The number of hydrogen-bond donors (Lipinski definition) is 2. The number of nitro benzene ring substituents is 1. The molecule has 1 aromatic rings. The van der Waals surface area contributed by atoms with Gasteiger partial charge >= 0.3 is 0 Å². The minimum atomic E-state index is -0.601. The van der Waals surface area contributed by atoms with Crippen LogP contribution >= 0.6 is 0 Å². The molecule has 0 unspecified atom stereocenters. The minimum absolute atomic E-state index is 0.208. The van der Waals surface area contributed by atoms with Crippen LogP contribution in [0.2, 0.25) is 0 Å². The fraction of sp³-hybridized carbons (Fsp3) is 0.200. The Morgan fingerprint density at radius 1 is 1.06 bits per heavy atom. The van der Waals surface area contributed by atoms with Crippen molar-refractivity contribution in [2.45, 2.75) is 13.8 Å². The number of carbonyl (C=O) groups is 2. The number of non-ortho nitro benzene ring substituents is 1. The molecule has 17 heavy (non-hydrogen) atoms. The van der Waals surface area contributed by atoms with Crippen LogP contribution in [0, 0.1) is 10.1 Å². The van der Waals surface area contributed by atoms with Crippen molar-refractivity contribution < 1.29 is 14.5 Å². The van der Waals surface area contributed by atoms with Gasteiger partial charge in [0, 0.05) is 37.4 Å². The van der Waals surface area contributed by atoms with Crippen LogP contribution in [-0.4, -0.2) is 16.7 Å². The van der Waals surface area contributed by atoms with Gasteiger partial charge in [-0.25, -0.2) is 0 Å². The molecule has 2 N–H and O–H groups in total. The standard InChI is InChI=1S/C10H11N3O4/c1-6(14)11-8-3-9(12-7(2)15)5-10(4-8)13(16)17/h3-5H,1-2H3,(H,11,14)(H,12,15). The second-order valence-corrected chi connectivity index (χ2v) is 3.39. The van der Waals surface area contributed by atoms with Gasteiger partial charge in [0.2, 0.25) is 11.8 Å². The Hall–Kier alpha value is -2.44. The predicted molar refractivity (Wildman–Crippen MR) is 61.7 cm³/mol. The van der Waals surface area contributed by atoms with Crippen molar-refractivity contribution in [3.8, 4) is 0 Å². The maximum Gasteiger partial charge on any atom is 0.273 e. The molecule has 0 saturated carbocycles. The number of nitrogens with one attached hydrogen (secondary N) is 2. The third kappa shape index (κ3) is 3.90. The fourth-order valence-corrected chi connectivity index (χ4v) is 1.27. The summed E-state index contributed by atoms with van der Waals surface area (Å²) < 4.78 is 0. The molecule has 0 radical (unpaired) electrons. The van der Waals surface area contributed by atoms with Crippen molar-refractivity contribution in [1.29, 1.82) is 0 Å². The van der Waals surface area contributed by atoms with Crippen LogP contribution in [0.25, 0.3) is 0 Å². The molecule has 0 aliphatic rings. The Morgan fingerprint density at radius 3 is 1.76 bits per heavy atom. The molecule has 0 atom stereocenters. The molecule has 1 aromatic carbocycles. The summed E-state index contributed by atoms with van der Waals surface area (Å²) in [5, 5.41) is 15.5. The predicted octanol–water partition coefficient (Wildman–Crippen LogP) is 1.51. The van der Waals surface area contributed by atoms with Crippen LogP contribution in [-0.2, 0) is 9.59 Å². The zero-order valence-electron chi connectivity index (χ0n) is 9.31. The van der Waals surface area contributed by atoms with Crippen LogP contribution in [0.15, 0.2) is 18.2 Å². The molecule has 0 fully saturated rings. The number of amides is 2. The molecule has 1 rings (SSSR count). The van der Waals surface area contributed by atoms with E-state index in [1.54, 1.807) is 0 Å². The van der Waals surface area contributed by atoms with Gasteiger partial charge in [-0.15, -0.1) is 0 Å². The SMILES string of the molecule is CC(=O)Nc1cc(NC(C)=O)cc([N+](=O)[O-])c1. The first-order valence-electron chi connectivity index (χ1n) is 4.73. The van der Waals surface area contributed by atoms with E-state index in [2.05, 4.69) is 10.6 Å². The summed E-state index contributed by atoms with van der Waals surface area (Å²) in [7, 11) is 0. The fourth-order valence-electron chi connectivity index (χ4n) is 1.27. The normalized spacial score (nSPS) is 9.53. The summed E-state index contributed by atoms with van der Waals surface area (Å²) in [4.78, 5) is 31.8. The Labute approximate surface area is 97.0 Å². The Morgan fingerprint density at radius 2 is 1.47 bits per heavy atom. The number of carbonyl (C=O) groups excluding carboxylic acids is 2. The first-order valence-corrected chi connectivity index (χ1v) is 4.73. The monoisotopic (exact) mass is 237 g/mol. The number of nitrogens with zero attached hydrogens (tertiary/aromatic N) is 1. The van der Waals surface area contributed by atoms with E-state index in [9.17, 15) is 19.7 Å². The maximum absolute atomic E-state index is 10.9. The van der Waals surface area contributed by atoms with Crippen LogP contribution in [0.1, 0.15) is 13.8 Å². The summed E-state index contributed by atoms with van der Waals surface area (Å²) in [6, 6.07) is 3.87. The van der Waals surface area contributed by atoms with Crippen molar-refractivity contribution in [2.75, 3.05) is 10.6 Å². The zero-order chi connectivity index (χ0) is 13.0. The summed E-state index contributed by atoms with van der Waals surface area (Å²) in [5.74, 6) is -0.696. The summed E-state index contributed by atoms with van der Waals surface area (Å²) >= 11 is 0. The highest BCUT2D eigenvalue weighted by Gasteiger charge is 2.11. The van der Waals surface area contributed by atoms with Gasteiger partial charge in [0.25, 0.3) is 5.69 Å². The topological polar surface area (TPSA) is 101 Å². The van der Waals surface area contributed by atoms with E-state index in [0.717, 1.165) is 0 Å². The summed E-state index contributed by atoms with van der Waals surface area (Å²) in [5.41, 5.74) is 0.311. The number of anilines is 2. The van der Waals surface area contributed by atoms with E-state index in [1.807, 2.05) is 0 Å². The van der Waals surface area contributed by atoms with E-state index in [0.29, 0.717) is 0 Å². The Balaban J connectivity index is 3.13. The first-order chi connectivity index (χ1) is 7.88. The second-order valence-electron chi connectivity index (χ2n) is 3.39. The van der Waals surface area contributed by atoms with Gasteiger partial charge in [0.15, 0.2) is 0 Å². The van der Waals surface area contributed by atoms with Gasteiger partial charge in [-0.2, -0.15) is 0 Å². The third-order valence-corrected chi connectivity index (χ3v) is 1.77. The average Bonchev–Trinajstić information content (AvgIpc) is 2.14. The maximum atomic E-state index is 10.9. The van der Waals surface area contributed by atoms with Crippen molar-refractivity contribution in [1.82, 2.24) is 0 Å². The molecule has 7 nitrogen and oxygen atoms in total. The van der Waals surface area contributed by atoms with Crippen molar-refractivity contribution in [2.24, 2.45) is 0 Å². The van der Waals surface area contributed by atoms with Crippen molar-refractivity contribution in [3.63, 3.8) is 0 Å². The van der Waals surface area contributed by atoms with E-state index in [4.69, 9.17) is 0 Å². The molecule has 0 aliphatic heterocycles. The lowest BCUT2D eigenvalue weighted by molar-refractivity contribution is -0.384. The van der Waals surface area contributed by atoms with Gasteiger partial charge in [-0.3, -0.25) is 19.7 Å². The zero-order valence-corrected chi connectivity index (χ0v) is 9.31. The van der Waals surface area contributed by atoms with Crippen LogP contribution in [0.5, 0.6) is 0 Å². The number of nitro groups is 1. The van der Waals surface area contributed by atoms with Crippen molar-refractivity contribution in [3.05, 3.63) is 28.3 Å². The molecule has 0 bridgehead atoms. The quantitative estimate of drug-likeness (QED) is 0.614. The van der Waals surface area contributed by atoms with E-state index in [1.165, 1.54) is 32.0 Å². The van der Waals surface area contributed by atoms with E-state index >= 15 is 0 Å². The molecular formula is C10H11N3O4. The average molecular weight is 237 g/mol. The van der Waals surface area contributed by atoms with Gasteiger partial charge in [0.1, 0.15) is 0 Å². The first kappa shape index (κ1) is 12.6. The molecular weight excluding hydrogens is 226 g/mol. The number of rotatable bonds is 3. The van der Waals surface area contributed by atoms with Gasteiger partial charge in [-0.1, -0.05) is 0 Å². The highest BCUT2D eigenvalue weighted by molar-refractivity contribution is 5.93. The lowest BCUT2D eigenvalue weighted by Gasteiger charge is -2.06. The molecule has 0 aliphatic carbocycles. The molecule has 0 aromatic heterocycles. The number of hydrogen-bond acceptors (Lipinski definition) is 4. The second kappa shape index (κ2) is 5.06. The lowest BCUT2D eigenvalue weighted by Crippen LogP contribution is -2.09. The number of benzene rings is 1. The van der Waals surface area contributed by atoms with Crippen LogP contribution in [0.3, 0.4) is 0 Å². The smallest absolute Gasteiger partial charge is 0.273 e. The molecule has 90 valence electrons. The molecule has 0 heterocycles. The van der Waals surface area contributed by atoms with Crippen LogP contribution in [0.4, 0.5) is 17.1 Å². The highest BCUT2D eigenvalue weighted by atomic mass is 16.6. The lowest BCUT2D eigenvalue weighted by atomic mass is 10.2. The Kier molecular flexibility index (Phi) is 3.76. The minimum Gasteiger partial charge on any atom is -0.326 e. The van der Waals surface area contributed by atoms with E-state index in [-0.39, 0.29) is 28.9 Å². The third-order valence-electron chi connectivity index (χ3n) is 1.77. The molecule has 2 amide bonds. The van der Waals surface area contributed by atoms with Crippen molar-refractivity contribution >= 4 is 28.9 Å². The van der Waals surface area contributed by atoms with E-state index < -0.39 is 4.92 Å². The highest BCUT2D eigenvalue weighted by Crippen LogP contribution is 2.24. The molecule has 0 saturated heterocycles. The van der Waals surface area contributed by atoms with Gasteiger partial charge < -0.3 is 10.6 Å². The van der Waals surface area contributed by atoms with Gasteiger partial charge in [0.05, 0.1) is 4.92 Å². The molecule has 0 spiro atoms. The molecule has 7 heteroatoms.